The Hall–Kier alpha value is -1.22. The summed E-state index contributed by atoms with van der Waals surface area (Å²) in [6.07, 6.45) is 12.7. The molecule has 0 aromatic carbocycles. The number of carbonyl (C=O) groups excluding carboxylic acids is 2. The zero-order valence-corrected chi connectivity index (χ0v) is 27.3. The molecule has 242 valence electrons. The number of hydrogen-bond acceptors (Lipinski definition) is 6. The number of amides is 2. The van der Waals surface area contributed by atoms with Gasteiger partial charge in [0.2, 0.25) is 11.8 Å². The molecule has 0 aromatic heterocycles. The van der Waals surface area contributed by atoms with Crippen LogP contribution in [0.3, 0.4) is 0 Å². The van der Waals surface area contributed by atoms with E-state index in [9.17, 15) is 9.59 Å². The minimum Gasteiger partial charge on any atom is -0.379 e. The van der Waals surface area contributed by atoms with Gasteiger partial charge in [-0.1, -0.05) is 27.7 Å². The van der Waals surface area contributed by atoms with Gasteiger partial charge in [0.15, 0.2) is 0 Å². The van der Waals surface area contributed by atoms with Crippen molar-refractivity contribution in [3.8, 4) is 0 Å². The van der Waals surface area contributed by atoms with Gasteiger partial charge >= 0.3 is 0 Å². The first kappa shape index (κ1) is 30.4. The third-order valence-electron chi connectivity index (χ3n) is 14.4. The van der Waals surface area contributed by atoms with E-state index < -0.39 is 0 Å². The van der Waals surface area contributed by atoms with Gasteiger partial charge in [0.25, 0.3) is 0 Å². The molecule has 3 N–H and O–H groups in total. The summed E-state index contributed by atoms with van der Waals surface area (Å²) < 4.78 is 12.4. The fraction of sp³-hybridized carbons (Fsp3) is 0.943. The van der Waals surface area contributed by atoms with Crippen LogP contribution in [-0.2, 0) is 19.1 Å². The van der Waals surface area contributed by atoms with E-state index in [1.165, 1.54) is 51.4 Å². The van der Waals surface area contributed by atoms with E-state index >= 15 is 0 Å². The Balaban J connectivity index is 0.940. The summed E-state index contributed by atoms with van der Waals surface area (Å²) in [6, 6.07) is 0.199. The summed E-state index contributed by atoms with van der Waals surface area (Å²) in [5, 5.41) is 10.1. The van der Waals surface area contributed by atoms with E-state index in [4.69, 9.17) is 9.47 Å². The first-order chi connectivity index (χ1) is 20.6. The number of carbonyl (C=O) groups is 2. The van der Waals surface area contributed by atoms with Gasteiger partial charge in [0.1, 0.15) is 12.1 Å². The van der Waals surface area contributed by atoms with E-state index in [1.54, 1.807) is 0 Å². The van der Waals surface area contributed by atoms with Crippen molar-refractivity contribution in [3.63, 3.8) is 0 Å². The molecule has 3 aliphatic heterocycles. The zero-order valence-electron chi connectivity index (χ0n) is 27.3. The van der Waals surface area contributed by atoms with Gasteiger partial charge in [-0.15, -0.1) is 0 Å². The van der Waals surface area contributed by atoms with E-state index in [2.05, 4.69) is 48.5 Å². The van der Waals surface area contributed by atoms with Crippen molar-refractivity contribution in [2.24, 2.45) is 52.3 Å². The molecule has 0 radical (unpaired) electrons. The molecule has 2 amide bonds. The van der Waals surface area contributed by atoms with Gasteiger partial charge < -0.3 is 20.1 Å². The van der Waals surface area contributed by atoms with Crippen molar-refractivity contribution in [1.82, 2.24) is 20.9 Å². The second kappa shape index (κ2) is 11.5. The molecular formula is C35H58N4O4. The summed E-state index contributed by atoms with van der Waals surface area (Å²) in [4.78, 5) is 27.4. The second-order valence-corrected chi connectivity index (χ2v) is 16.5. The topological polar surface area (TPSA) is 91.9 Å². The number of nitrogens with zero attached hydrogens (tertiary/aromatic N) is 1. The molecule has 8 nitrogen and oxygen atoms in total. The number of hydrogen-bond donors (Lipinski definition) is 3. The molecule has 12 atom stereocenters. The van der Waals surface area contributed by atoms with Gasteiger partial charge in [-0.2, -0.15) is 0 Å². The van der Waals surface area contributed by atoms with Crippen molar-refractivity contribution < 1.29 is 19.1 Å². The molecule has 7 fully saturated rings. The molecule has 3 saturated heterocycles. The number of fused-ring (bicyclic) bond motifs is 7. The van der Waals surface area contributed by atoms with E-state index in [1.807, 2.05) is 0 Å². The monoisotopic (exact) mass is 598 g/mol. The second-order valence-electron chi connectivity index (χ2n) is 16.5. The molecule has 3 heterocycles. The lowest BCUT2D eigenvalue weighted by molar-refractivity contribution is -0.137. The van der Waals surface area contributed by atoms with Gasteiger partial charge in [-0.05, 0) is 111 Å². The summed E-state index contributed by atoms with van der Waals surface area (Å²) in [5.41, 5.74) is 0.687. The van der Waals surface area contributed by atoms with Crippen LogP contribution in [-0.4, -0.2) is 74.1 Å². The van der Waals surface area contributed by atoms with Gasteiger partial charge in [0.05, 0.1) is 26.0 Å². The first-order valence-electron chi connectivity index (χ1n) is 17.9. The smallest absolute Gasteiger partial charge is 0.230 e. The summed E-state index contributed by atoms with van der Waals surface area (Å²) in [5.74, 6) is 4.78. The highest BCUT2D eigenvalue weighted by molar-refractivity contribution is 5.96. The van der Waals surface area contributed by atoms with Crippen LogP contribution in [0, 0.1) is 52.3 Å². The van der Waals surface area contributed by atoms with Crippen molar-refractivity contribution >= 4 is 11.8 Å². The summed E-state index contributed by atoms with van der Waals surface area (Å²) in [6.45, 7) is 14.8. The quantitative estimate of drug-likeness (QED) is 0.409. The molecule has 0 bridgehead atoms. The number of piperidine rings is 1. The lowest BCUT2D eigenvalue weighted by Gasteiger charge is -2.61. The minimum atomic E-state index is -0.185. The largest absolute Gasteiger partial charge is 0.379 e. The fourth-order valence-corrected chi connectivity index (χ4v) is 12.0. The Morgan fingerprint density at radius 3 is 2.47 bits per heavy atom. The lowest BCUT2D eigenvalue weighted by atomic mass is 9.44. The van der Waals surface area contributed by atoms with E-state index in [0.717, 1.165) is 56.1 Å². The lowest BCUT2D eigenvalue weighted by Crippen LogP contribution is -2.58. The highest BCUT2D eigenvalue weighted by atomic mass is 16.5. The predicted octanol–water partition coefficient (Wildman–Crippen LogP) is 4.29. The average molecular weight is 599 g/mol. The fourth-order valence-electron chi connectivity index (χ4n) is 12.0. The molecule has 7 rings (SSSR count). The minimum absolute atomic E-state index is 0.0770. The maximum atomic E-state index is 12.8. The van der Waals surface area contributed by atoms with E-state index in [-0.39, 0.29) is 30.0 Å². The van der Waals surface area contributed by atoms with Crippen molar-refractivity contribution in [2.75, 3.05) is 39.5 Å². The number of morpholine rings is 1. The van der Waals surface area contributed by atoms with Crippen molar-refractivity contribution in [1.29, 1.82) is 0 Å². The summed E-state index contributed by atoms with van der Waals surface area (Å²) >= 11 is 0. The number of rotatable bonds is 5. The average Bonchev–Trinajstić information content (AvgIpc) is 3.44. The molecule has 0 unspecified atom stereocenters. The third kappa shape index (κ3) is 5.28. The Labute approximate surface area is 259 Å². The van der Waals surface area contributed by atoms with E-state index in [0.29, 0.717) is 54.6 Å². The molecular weight excluding hydrogens is 540 g/mol. The Kier molecular flexibility index (Phi) is 8.17. The summed E-state index contributed by atoms with van der Waals surface area (Å²) in [7, 11) is 0. The molecule has 43 heavy (non-hydrogen) atoms. The predicted molar refractivity (Wildman–Crippen MR) is 166 cm³/mol. The standard InChI is InChI=1S/C35H58N4O4/c1-22-7-12-35(37-20-22)23(2)32-29(43-35)18-28-26-6-5-24-17-25(8-10-33(24,3)27(26)9-11-34(28,32)4)38-31(41)19-30(40)36-21-39-13-15-42-16-14-39/h22-29,32,37H,5-21H2,1-4H3,(H,36,40)(H,38,41)/t22-,23+,24-,25-,26-,27+,28+,29+,32+,33+,34+,35-/m1/s1. The van der Waals surface area contributed by atoms with Crippen LogP contribution in [0.2, 0.25) is 0 Å². The Morgan fingerprint density at radius 1 is 0.907 bits per heavy atom. The van der Waals surface area contributed by atoms with Gasteiger partial charge in [-0.25, -0.2) is 0 Å². The maximum absolute atomic E-state index is 12.8. The molecule has 8 heteroatoms. The maximum Gasteiger partial charge on any atom is 0.230 e. The van der Waals surface area contributed by atoms with Crippen LogP contribution in [0.4, 0.5) is 0 Å². The highest BCUT2D eigenvalue weighted by Gasteiger charge is 2.68. The molecule has 0 aromatic rings. The normalized spacial score (nSPS) is 49.4. The van der Waals surface area contributed by atoms with Crippen LogP contribution < -0.4 is 16.0 Å². The Morgan fingerprint density at radius 2 is 1.70 bits per heavy atom. The molecule has 7 aliphatic rings. The van der Waals surface area contributed by atoms with Gasteiger partial charge in [-0.3, -0.25) is 19.8 Å². The molecule has 4 aliphatic carbocycles. The zero-order chi connectivity index (χ0) is 30.0. The van der Waals surface area contributed by atoms with Crippen LogP contribution in [0.15, 0.2) is 0 Å². The SMILES string of the molecule is C[C@@H]1CC[C@@]2(NC1)O[C@H]1C[C@H]3[C@@H]4CC[C@@H]5C[C@H](NC(=O)CC(=O)NCN6CCOCC6)CC[C@]5(C)[C@H]4CC[C@]3(C)[C@H]1[C@@H]2C. The van der Waals surface area contributed by atoms with Crippen LogP contribution in [0.25, 0.3) is 0 Å². The third-order valence-corrected chi connectivity index (χ3v) is 14.4. The number of nitrogens with one attached hydrogen (secondary N) is 3. The van der Waals surface area contributed by atoms with Crippen molar-refractivity contribution in [2.45, 2.75) is 116 Å². The van der Waals surface area contributed by atoms with Crippen LogP contribution in [0.1, 0.15) is 98.3 Å². The highest BCUT2D eigenvalue weighted by Crippen LogP contribution is 2.71. The van der Waals surface area contributed by atoms with Crippen LogP contribution >= 0.6 is 0 Å². The molecule has 4 saturated carbocycles. The first-order valence-corrected chi connectivity index (χ1v) is 17.9. The van der Waals surface area contributed by atoms with Crippen LogP contribution in [0.5, 0.6) is 0 Å². The number of ether oxygens (including phenoxy) is 2. The van der Waals surface area contributed by atoms with Gasteiger partial charge in [0, 0.05) is 31.6 Å². The molecule has 1 spiro atoms. The van der Waals surface area contributed by atoms with Crippen molar-refractivity contribution in [3.05, 3.63) is 0 Å². The Bertz CT molecular complexity index is 1060.